The molecule has 2 fully saturated rings. The number of nitrogens with two attached hydrogens (primary N) is 1. The highest BCUT2D eigenvalue weighted by Crippen LogP contribution is 2.37. The van der Waals surface area contributed by atoms with Gasteiger partial charge in [-0.25, -0.2) is 0 Å². The molecule has 0 radical (unpaired) electrons. The number of ether oxygens (including phenoxy) is 1. The molecule has 2 N–H and O–H groups in total. The van der Waals surface area contributed by atoms with E-state index in [0.29, 0.717) is 18.5 Å². The molecule has 3 rings (SSSR count). The molecule has 2 bridgehead atoms. The van der Waals surface area contributed by atoms with E-state index in [9.17, 15) is 4.39 Å². The number of hydrogen-bond acceptors (Lipinski definition) is 3. The van der Waals surface area contributed by atoms with Gasteiger partial charge in [0.2, 0.25) is 0 Å². The van der Waals surface area contributed by atoms with Gasteiger partial charge in [-0.3, -0.25) is 9.29 Å². The predicted molar refractivity (Wildman–Crippen MR) is 78.6 cm³/mol. The average Bonchev–Trinajstić information content (AvgIpc) is 2.69. The molecule has 1 aromatic carbocycles. The van der Waals surface area contributed by atoms with E-state index in [0.717, 1.165) is 30.8 Å². The van der Waals surface area contributed by atoms with Crippen LogP contribution in [-0.4, -0.2) is 36.3 Å². The normalized spacial score (nSPS) is 29.6. The first-order valence-electron chi connectivity index (χ1n) is 7.60. The maximum absolute atomic E-state index is 12.4. The van der Waals surface area contributed by atoms with E-state index in [-0.39, 0.29) is 12.8 Å². The van der Waals surface area contributed by atoms with Gasteiger partial charge in [0.05, 0.1) is 6.67 Å². The Morgan fingerprint density at radius 2 is 1.80 bits per heavy atom. The summed E-state index contributed by atoms with van der Waals surface area (Å²) in [5.74, 6) is 0.904. The van der Waals surface area contributed by atoms with Crippen LogP contribution in [0, 0.1) is 0 Å². The largest absolute Gasteiger partial charge is 0.490 e. The fourth-order valence-electron chi connectivity index (χ4n) is 3.67. The molecule has 1 aromatic rings. The number of hydrogen-bond donors (Lipinski definition) is 1. The molecule has 0 saturated carbocycles. The number of rotatable bonds is 5. The van der Waals surface area contributed by atoms with Crippen molar-refractivity contribution >= 4 is 5.69 Å². The third-order valence-corrected chi connectivity index (χ3v) is 4.57. The van der Waals surface area contributed by atoms with Gasteiger partial charge in [-0.15, -0.1) is 0 Å². The van der Waals surface area contributed by atoms with Crippen LogP contribution in [0.5, 0.6) is 5.75 Å². The van der Waals surface area contributed by atoms with E-state index < -0.39 is 0 Å². The topological polar surface area (TPSA) is 38.5 Å². The van der Waals surface area contributed by atoms with Crippen LogP contribution in [0.25, 0.3) is 0 Å². The molecular formula is C16H23FN2O. The second-order valence-corrected chi connectivity index (χ2v) is 5.95. The van der Waals surface area contributed by atoms with Crippen molar-refractivity contribution in [1.82, 2.24) is 4.90 Å². The smallest absolute Gasteiger partial charge is 0.119 e. The van der Waals surface area contributed by atoms with Crippen LogP contribution in [0.2, 0.25) is 0 Å². The summed E-state index contributed by atoms with van der Waals surface area (Å²) in [4.78, 5) is 2.50. The summed E-state index contributed by atoms with van der Waals surface area (Å²) in [5.41, 5.74) is 6.45. The summed E-state index contributed by atoms with van der Waals surface area (Å²) in [6.45, 7) is 0.696. The third kappa shape index (κ3) is 2.90. The van der Waals surface area contributed by atoms with Gasteiger partial charge < -0.3 is 10.5 Å². The Morgan fingerprint density at radius 3 is 2.40 bits per heavy atom. The van der Waals surface area contributed by atoms with Crippen LogP contribution in [-0.2, 0) is 0 Å². The first-order chi connectivity index (χ1) is 9.76. The molecule has 3 nitrogen and oxygen atoms in total. The molecule has 1 unspecified atom stereocenters. The molecule has 3 atom stereocenters. The Bertz CT molecular complexity index is 423. The fourth-order valence-corrected chi connectivity index (χ4v) is 3.67. The summed E-state index contributed by atoms with van der Waals surface area (Å²) in [5, 5.41) is 0. The van der Waals surface area contributed by atoms with Crippen LogP contribution in [0.3, 0.4) is 0 Å². The van der Waals surface area contributed by atoms with E-state index in [4.69, 9.17) is 10.5 Å². The van der Waals surface area contributed by atoms with Crippen molar-refractivity contribution in [3.05, 3.63) is 24.3 Å². The van der Waals surface area contributed by atoms with Crippen molar-refractivity contribution in [1.29, 1.82) is 0 Å². The van der Waals surface area contributed by atoms with E-state index in [1.165, 1.54) is 12.8 Å². The zero-order valence-electron chi connectivity index (χ0n) is 11.8. The highest BCUT2D eigenvalue weighted by atomic mass is 19.1. The minimum absolute atomic E-state index is 0.207. The number of anilines is 1. The van der Waals surface area contributed by atoms with Crippen molar-refractivity contribution in [3.63, 3.8) is 0 Å². The average molecular weight is 278 g/mol. The lowest BCUT2D eigenvalue weighted by atomic mass is 9.99. The lowest BCUT2D eigenvalue weighted by molar-refractivity contribution is 0.0478. The summed E-state index contributed by atoms with van der Waals surface area (Å²) in [6, 6.07) is 8.79. The Labute approximate surface area is 119 Å². The van der Waals surface area contributed by atoms with Gasteiger partial charge in [-0.1, -0.05) is 0 Å². The van der Waals surface area contributed by atoms with Gasteiger partial charge in [0.15, 0.2) is 0 Å². The summed E-state index contributed by atoms with van der Waals surface area (Å²) in [7, 11) is 0. The molecule has 0 amide bonds. The molecule has 20 heavy (non-hydrogen) atoms. The van der Waals surface area contributed by atoms with E-state index in [2.05, 4.69) is 4.90 Å². The van der Waals surface area contributed by atoms with Gasteiger partial charge >= 0.3 is 0 Å². The summed E-state index contributed by atoms with van der Waals surface area (Å²) >= 11 is 0. The summed E-state index contributed by atoms with van der Waals surface area (Å²) < 4.78 is 18.4. The van der Waals surface area contributed by atoms with E-state index in [1.54, 1.807) is 0 Å². The number of fused-ring (bicyclic) bond motifs is 2. The molecule has 2 aliphatic rings. The number of halogens is 1. The number of alkyl halides is 1. The maximum Gasteiger partial charge on any atom is 0.119 e. The molecule has 0 aliphatic carbocycles. The van der Waals surface area contributed by atoms with Gasteiger partial charge in [-0.2, -0.15) is 0 Å². The van der Waals surface area contributed by atoms with Crippen LogP contribution in [0.4, 0.5) is 10.1 Å². The summed E-state index contributed by atoms with van der Waals surface area (Å²) in [6.07, 6.45) is 5.55. The van der Waals surface area contributed by atoms with E-state index in [1.807, 2.05) is 24.3 Å². The van der Waals surface area contributed by atoms with Gasteiger partial charge in [-0.05, 0) is 56.4 Å². The second-order valence-electron chi connectivity index (χ2n) is 5.95. The van der Waals surface area contributed by atoms with Crippen LogP contribution < -0.4 is 10.5 Å². The quantitative estimate of drug-likeness (QED) is 0.841. The van der Waals surface area contributed by atoms with E-state index >= 15 is 0 Å². The zero-order chi connectivity index (χ0) is 13.9. The number of nitrogens with zero attached hydrogens (tertiary/aromatic N) is 1. The first-order valence-corrected chi connectivity index (χ1v) is 7.60. The Balaban J connectivity index is 1.58. The SMILES string of the molecule is Nc1ccc(OC2C[C@H]3CC[C@@H](C2)N3CCCF)cc1. The molecule has 0 aromatic heterocycles. The van der Waals surface area contributed by atoms with Gasteiger partial charge in [0.25, 0.3) is 0 Å². The highest BCUT2D eigenvalue weighted by molar-refractivity contribution is 5.41. The number of benzene rings is 1. The second kappa shape index (κ2) is 6.00. The molecule has 2 saturated heterocycles. The van der Waals surface area contributed by atoms with Gasteiger partial charge in [0.1, 0.15) is 11.9 Å². The Hall–Kier alpha value is -1.29. The van der Waals surface area contributed by atoms with Crippen LogP contribution >= 0.6 is 0 Å². The first kappa shape index (κ1) is 13.7. The fraction of sp³-hybridized carbons (Fsp3) is 0.625. The third-order valence-electron chi connectivity index (χ3n) is 4.57. The van der Waals surface area contributed by atoms with Crippen LogP contribution in [0.1, 0.15) is 32.1 Å². The molecule has 2 aliphatic heterocycles. The zero-order valence-corrected chi connectivity index (χ0v) is 11.8. The molecular weight excluding hydrogens is 255 g/mol. The van der Waals surface area contributed by atoms with Crippen molar-refractivity contribution < 1.29 is 9.13 Å². The molecule has 4 heteroatoms. The minimum atomic E-state index is -0.207. The Kier molecular flexibility index (Phi) is 4.10. The van der Waals surface area contributed by atoms with Crippen LogP contribution in [0.15, 0.2) is 24.3 Å². The minimum Gasteiger partial charge on any atom is -0.490 e. The molecule has 2 heterocycles. The van der Waals surface area contributed by atoms with Crippen molar-refractivity contribution in [3.8, 4) is 5.75 Å². The number of piperidine rings is 1. The number of nitrogen functional groups attached to an aromatic ring is 1. The lowest BCUT2D eigenvalue weighted by Gasteiger charge is -2.38. The van der Waals surface area contributed by atoms with Gasteiger partial charge in [0, 0.05) is 24.3 Å². The van der Waals surface area contributed by atoms with Crippen molar-refractivity contribution in [2.75, 3.05) is 19.0 Å². The van der Waals surface area contributed by atoms with Crippen molar-refractivity contribution in [2.24, 2.45) is 0 Å². The monoisotopic (exact) mass is 278 g/mol. The van der Waals surface area contributed by atoms with Crippen molar-refractivity contribution in [2.45, 2.75) is 50.3 Å². The predicted octanol–water partition coefficient (Wildman–Crippen LogP) is 3.00. The highest BCUT2D eigenvalue weighted by Gasteiger charge is 2.41. The lowest BCUT2D eigenvalue weighted by Crippen LogP contribution is -2.46. The maximum atomic E-state index is 12.4. The molecule has 110 valence electrons. The Morgan fingerprint density at radius 1 is 1.15 bits per heavy atom. The standard InChI is InChI=1S/C16H23FN2O/c17-8-1-9-19-13-4-5-14(19)11-16(10-13)20-15-6-2-12(18)3-7-15/h2-3,6-7,13-14,16H,1,4-5,8-11,18H2/t13-,14+,16?. The molecule has 0 spiro atoms.